The lowest BCUT2D eigenvalue weighted by Crippen LogP contribution is -2.43. The molecule has 5 nitrogen and oxygen atoms in total. The molecule has 0 radical (unpaired) electrons. The predicted molar refractivity (Wildman–Crippen MR) is 82.3 cm³/mol. The molecule has 0 unspecified atom stereocenters. The first-order chi connectivity index (χ1) is 10.3. The summed E-state index contributed by atoms with van der Waals surface area (Å²) in [5.74, 6) is -0.401. The molecule has 0 bridgehead atoms. The Morgan fingerprint density at radius 1 is 1.09 bits per heavy atom. The summed E-state index contributed by atoms with van der Waals surface area (Å²) < 4.78 is 63.2. The Morgan fingerprint density at radius 3 is 2.14 bits per heavy atom. The lowest BCUT2D eigenvalue weighted by Gasteiger charge is -2.30. The van der Waals surface area contributed by atoms with Gasteiger partial charge in [-0.05, 0) is 43.5 Å². The van der Waals surface area contributed by atoms with E-state index >= 15 is 0 Å². The van der Waals surface area contributed by atoms with Crippen LogP contribution in [-0.4, -0.2) is 45.2 Å². The second kappa shape index (κ2) is 6.64. The molecule has 0 N–H and O–H groups in total. The van der Waals surface area contributed by atoms with Crippen molar-refractivity contribution >= 4 is 19.9 Å². The third kappa shape index (κ3) is 3.67. The maximum absolute atomic E-state index is 12.9. The van der Waals surface area contributed by atoms with E-state index in [-0.39, 0.29) is 36.6 Å². The third-order valence-electron chi connectivity index (χ3n) is 3.84. The molecule has 2 rings (SSSR count). The molecule has 8 heteroatoms. The van der Waals surface area contributed by atoms with Crippen molar-refractivity contribution in [2.45, 2.75) is 36.3 Å². The zero-order valence-electron chi connectivity index (χ0n) is 12.4. The smallest absolute Gasteiger partial charge is 0.214 e. The first-order valence-electron chi connectivity index (χ1n) is 7.24. The van der Waals surface area contributed by atoms with Crippen molar-refractivity contribution in [1.29, 1.82) is 0 Å². The minimum atomic E-state index is -3.55. The maximum Gasteiger partial charge on any atom is 0.214 e. The number of sulfonamides is 1. The first-order valence-corrected chi connectivity index (χ1v) is 10.4. The van der Waals surface area contributed by atoms with Crippen LogP contribution in [0.15, 0.2) is 29.2 Å². The number of hydrogen-bond acceptors (Lipinski definition) is 4. The van der Waals surface area contributed by atoms with Gasteiger partial charge in [-0.3, -0.25) is 0 Å². The highest BCUT2D eigenvalue weighted by atomic mass is 32.2. The van der Waals surface area contributed by atoms with Crippen molar-refractivity contribution in [2.24, 2.45) is 0 Å². The van der Waals surface area contributed by atoms with Crippen LogP contribution in [0.5, 0.6) is 0 Å². The van der Waals surface area contributed by atoms with E-state index in [1.54, 1.807) is 6.92 Å². The number of rotatable bonds is 5. The molecule has 1 fully saturated rings. The Hall–Kier alpha value is -0.990. The highest BCUT2D eigenvalue weighted by Gasteiger charge is 2.34. The van der Waals surface area contributed by atoms with E-state index in [2.05, 4.69) is 0 Å². The standard InChI is InChI=1S/C14H20FNO4S2/c1-2-11-21(17,18)16-9-7-14(8-10-16)22(19,20)13-5-3-12(15)4-6-13/h3-6,14H,2,7-11H2,1H3. The molecular weight excluding hydrogens is 329 g/mol. The van der Waals surface area contributed by atoms with Crippen LogP contribution in [0.25, 0.3) is 0 Å². The van der Waals surface area contributed by atoms with Gasteiger partial charge in [0.2, 0.25) is 10.0 Å². The minimum Gasteiger partial charge on any atom is -0.223 e. The van der Waals surface area contributed by atoms with Crippen LogP contribution in [-0.2, 0) is 19.9 Å². The molecule has 1 saturated heterocycles. The van der Waals surface area contributed by atoms with Crippen LogP contribution in [0, 0.1) is 5.82 Å². The largest absolute Gasteiger partial charge is 0.223 e. The second-order valence-corrected chi connectivity index (χ2v) is 9.73. The lowest BCUT2D eigenvalue weighted by atomic mass is 10.2. The highest BCUT2D eigenvalue weighted by molar-refractivity contribution is 7.92. The van der Waals surface area contributed by atoms with Crippen molar-refractivity contribution in [3.63, 3.8) is 0 Å². The average Bonchev–Trinajstić information content (AvgIpc) is 2.48. The van der Waals surface area contributed by atoms with Gasteiger partial charge in [0.25, 0.3) is 0 Å². The van der Waals surface area contributed by atoms with E-state index in [4.69, 9.17) is 0 Å². The van der Waals surface area contributed by atoms with Gasteiger partial charge in [0.15, 0.2) is 9.84 Å². The molecule has 1 aliphatic heterocycles. The molecule has 1 aliphatic rings. The van der Waals surface area contributed by atoms with Crippen molar-refractivity contribution in [3.8, 4) is 0 Å². The third-order valence-corrected chi connectivity index (χ3v) is 8.19. The van der Waals surface area contributed by atoms with Gasteiger partial charge >= 0.3 is 0 Å². The summed E-state index contributed by atoms with van der Waals surface area (Å²) >= 11 is 0. The molecule has 124 valence electrons. The molecule has 0 aromatic heterocycles. The van der Waals surface area contributed by atoms with Crippen LogP contribution in [0.2, 0.25) is 0 Å². The van der Waals surface area contributed by atoms with Crippen LogP contribution < -0.4 is 0 Å². The second-order valence-electron chi connectivity index (χ2n) is 5.41. The van der Waals surface area contributed by atoms with Crippen molar-refractivity contribution in [2.75, 3.05) is 18.8 Å². The van der Waals surface area contributed by atoms with E-state index < -0.39 is 30.9 Å². The lowest BCUT2D eigenvalue weighted by molar-refractivity contribution is 0.345. The van der Waals surface area contributed by atoms with Gasteiger partial charge in [-0.2, -0.15) is 0 Å². The summed E-state index contributed by atoms with van der Waals surface area (Å²) in [5.41, 5.74) is 0. The highest BCUT2D eigenvalue weighted by Crippen LogP contribution is 2.26. The quantitative estimate of drug-likeness (QED) is 0.760. The first kappa shape index (κ1) is 17.4. The summed E-state index contributed by atoms with van der Waals surface area (Å²) in [6.45, 7) is 2.23. The number of piperidine rings is 1. The van der Waals surface area contributed by atoms with Crippen LogP contribution in [0.4, 0.5) is 4.39 Å². The molecular formula is C14H20FNO4S2. The minimum absolute atomic E-state index is 0.0857. The van der Waals surface area contributed by atoms with Crippen molar-refractivity contribution in [3.05, 3.63) is 30.1 Å². The number of halogens is 1. The Balaban J connectivity index is 2.09. The van der Waals surface area contributed by atoms with Crippen molar-refractivity contribution in [1.82, 2.24) is 4.31 Å². The molecule has 1 heterocycles. The molecule has 0 spiro atoms. The van der Waals surface area contributed by atoms with Crippen molar-refractivity contribution < 1.29 is 21.2 Å². The molecule has 22 heavy (non-hydrogen) atoms. The zero-order chi connectivity index (χ0) is 16.4. The van der Waals surface area contributed by atoms with Gasteiger partial charge in [-0.15, -0.1) is 0 Å². The normalized spacial score (nSPS) is 18.5. The Bertz CT molecular complexity index is 706. The number of hydrogen-bond donors (Lipinski definition) is 0. The summed E-state index contributed by atoms with van der Waals surface area (Å²) in [5, 5.41) is -0.619. The number of nitrogens with zero attached hydrogens (tertiary/aromatic N) is 1. The van der Waals surface area contributed by atoms with Gasteiger partial charge in [0.1, 0.15) is 5.82 Å². The fourth-order valence-corrected chi connectivity index (χ4v) is 5.90. The van der Waals surface area contributed by atoms with Crippen LogP contribution >= 0.6 is 0 Å². The summed E-state index contributed by atoms with van der Waals surface area (Å²) in [6, 6.07) is 4.75. The summed E-state index contributed by atoms with van der Waals surface area (Å²) in [7, 11) is -6.83. The summed E-state index contributed by atoms with van der Waals surface area (Å²) in [6.07, 6.45) is 1.07. The van der Waals surface area contributed by atoms with Gasteiger partial charge < -0.3 is 0 Å². The topological polar surface area (TPSA) is 71.5 Å². The Kier molecular flexibility index (Phi) is 5.24. The fraction of sp³-hybridized carbons (Fsp3) is 0.571. The van der Waals surface area contributed by atoms with Gasteiger partial charge in [0, 0.05) is 13.1 Å². The Labute approximate surface area is 131 Å². The molecule has 1 aromatic rings. The van der Waals surface area contributed by atoms with E-state index in [0.717, 1.165) is 12.1 Å². The molecule has 0 atom stereocenters. The number of benzene rings is 1. The van der Waals surface area contributed by atoms with Crippen LogP contribution in [0.3, 0.4) is 0 Å². The molecule has 0 aliphatic carbocycles. The summed E-state index contributed by atoms with van der Waals surface area (Å²) in [4.78, 5) is 0.0868. The Morgan fingerprint density at radius 2 is 1.64 bits per heavy atom. The van der Waals surface area contributed by atoms with E-state index in [0.29, 0.717) is 6.42 Å². The van der Waals surface area contributed by atoms with Gasteiger partial charge in [-0.25, -0.2) is 25.5 Å². The fourth-order valence-electron chi connectivity index (χ4n) is 2.62. The van der Waals surface area contributed by atoms with Gasteiger partial charge in [0.05, 0.1) is 15.9 Å². The molecule has 0 amide bonds. The van der Waals surface area contributed by atoms with E-state index in [9.17, 15) is 21.2 Å². The predicted octanol–water partition coefficient (Wildman–Crippen LogP) is 1.80. The van der Waals surface area contributed by atoms with E-state index in [1.807, 2.05) is 0 Å². The maximum atomic E-state index is 12.9. The van der Waals surface area contributed by atoms with Gasteiger partial charge in [-0.1, -0.05) is 6.92 Å². The van der Waals surface area contributed by atoms with Crippen LogP contribution in [0.1, 0.15) is 26.2 Å². The SMILES string of the molecule is CCCS(=O)(=O)N1CCC(S(=O)(=O)c2ccc(F)cc2)CC1. The van der Waals surface area contributed by atoms with E-state index in [1.165, 1.54) is 16.4 Å². The average molecular weight is 349 g/mol. The molecule has 0 saturated carbocycles. The monoisotopic (exact) mass is 349 g/mol. The molecule has 1 aromatic carbocycles. The number of sulfone groups is 1. The zero-order valence-corrected chi connectivity index (χ0v) is 14.0.